The predicted molar refractivity (Wildman–Crippen MR) is 81.6 cm³/mol. The molecule has 1 amide bonds. The molecule has 21 heavy (non-hydrogen) atoms. The number of nitrogens with zero attached hydrogens (tertiary/aromatic N) is 4. The van der Waals surface area contributed by atoms with Crippen molar-refractivity contribution in [1.29, 1.82) is 0 Å². The van der Waals surface area contributed by atoms with Crippen LogP contribution in [0.3, 0.4) is 0 Å². The van der Waals surface area contributed by atoms with E-state index in [-0.39, 0.29) is 6.04 Å². The van der Waals surface area contributed by atoms with Crippen LogP contribution < -0.4 is 0 Å². The third-order valence-corrected chi connectivity index (χ3v) is 3.61. The van der Waals surface area contributed by atoms with Crippen LogP contribution in [-0.4, -0.2) is 42.2 Å². The fraction of sp³-hybridized carbons (Fsp3) is 0.500. The van der Waals surface area contributed by atoms with Crippen LogP contribution in [0.25, 0.3) is 11.0 Å². The number of carbonyl (C=O) groups is 1. The van der Waals surface area contributed by atoms with Crippen molar-refractivity contribution in [2.24, 2.45) is 0 Å². The van der Waals surface area contributed by atoms with E-state index in [1.54, 1.807) is 0 Å². The van der Waals surface area contributed by atoms with E-state index in [2.05, 4.69) is 9.97 Å². The minimum Gasteiger partial charge on any atom is -0.465 e. The van der Waals surface area contributed by atoms with Gasteiger partial charge in [0.25, 0.3) is 0 Å². The molecule has 2 aromatic rings. The van der Waals surface area contributed by atoms with Crippen molar-refractivity contribution in [2.45, 2.75) is 45.8 Å². The summed E-state index contributed by atoms with van der Waals surface area (Å²) in [5, 5.41) is 9.81. The summed E-state index contributed by atoms with van der Waals surface area (Å²) in [4.78, 5) is 21.1. The van der Waals surface area contributed by atoms with E-state index in [1.165, 1.54) is 11.2 Å². The number of aromatic nitrogens is 3. The van der Waals surface area contributed by atoms with Crippen LogP contribution in [0, 0.1) is 0 Å². The lowest BCUT2D eigenvalue weighted by Crippen LogP contribution is -2.51. The molecule has 7 heteroatoms. The minimum absolute atomic E-state index is 0.214. The molecule has 2 aromatic heterocycles. The molecule has 1 N–H and O–H groups in total. The van der Waals surface area contributed by atoms with Gasteiger partial charge in [-0.15, -0.1) is 0 Å². The summed E-state index contributed by atoms with van der Waals surface area (Å²) < 4.78 is 1.89. The Bertz CT molecular complexity index is 663. The zero-order valence-electron chi connectivity index (χ0n) is 12.5. The summed E-state index contributed by atoms with van der Waals surface area (Å²) >= 11 is 6.12. The van der Waals surface area contributed by atoms with Crippen molar-refractivity contribution >= 4 is 28.7 Å². The van der Waals surface area contributed by atoms with Gasteiger partial charge in [-0.25, -0.2) is 14.8 Å². The normalized spacial score (nSPS) is 13.4. The molecule has 0 saturated carbocycles. The Kier molecular flexibility index (Phi) is 4.09. The van der Waals surface area contributed by atoms with Gasteiger partial charge in [0, 0.05) is 18.3 Å². The quantitative estimate of drug-likeness (QED) is 0.883. The van der Waals surface area contributed by atoms with E-state index in [1.807, 2.05) is 44.5 Å². The highest BCUT2D eigenvalue weighted by atomic mass is 35.5. The molecule has 0 aromatic carbocycles. The van der Waals surface area contributed by atoms with E-state index in [9.17, 15) is 9.90 Å². The topological polar surface area (TPSA) is 71.2 Å². The molecule has 0 aliphatic heterocycles. The number of amides is 1. The number of carboxylic acid groups (broad SMARTS) is 1. The fourth-order valence-electron chi connectivity index (χ4n) is 2.65. The first-order chi connectivity index (χ1) is 9.71. The minimum atomic E-state index is -0.936. The fourth-order valence-corrected chi connectivity index (χ4v) is 2.90. The highest BCUT2D eigenvalue weighted by Crippen LogP contribution is 2.23. The molecule has 6 nitrogen and oxygen atoms in total. The Labute approximate surface area is 128 Å². The van der Waals surface area contributed by atoms with Crippen LogP contribution >= 0.6 is 11.6 Å². The lowest BCUT2D eigenvalue weighted by Gasteiger charge is -2.38. The van der Waals surface area contributed by atoms with E-state index in [0.29, 0.717) is 11.7 Å². The van der Waals surface area contributed by atoms with Gasteiger partial charge in [-0.1, -0.05) is 11.6 Å². The molecule has 0 fully saturated rings. The first-order valence-corrected chi connectivity index (χ1v) is 7.07. The summed E-state index contributed by atoms with van der Waals surface area (Å²) in [6, 6.07) is 1.63. The lowest BCUT2D eigenvalue weighted by molar-refractivity contribution is 0.0705. The van der Waals surface area contributed by atoms with Crippen LogP contribution in [0.2, 0.25) is 5.15 Å². The Balaban J connectivity index is 2.33. The molecule has 0 bridgehead atoms. The van der Waals surface area contributed by atoms with E-state index in [0.717, 1.165) is 11.0 Å². The molecule has 0 aliphatic carbocycles. The van der Waals surface area contributed by atoms with Gasteiger partial charge >= 0.3 is 6.09 Å². The van der Waals surface area contributed by atoms with Gasteiger partial charge in [-0.2, -0.15) is 0 Å². The first kappa shape index (κ1) is 15.6. The predicted octanol–water partition coefficient (Wildman–Crippen LogP) is 3.25. The van der Waals surface area contributed by atoms with Gasteiger partial charge in [0.1, 0.15) is 11.8 Å². The zero-order chi connectivity index (χ0) is 15.8. The zero-order valence-corrected chi connectivity index (χ0v) is 13.3. The Hall–Kier alpha value is -1.82. The Morgan fingerprint density at radius 3 is 2.71 bits per heavy atom. The molecule has 0 aliphatic rings. The third kappa shape index (κ3) is 3.10. The molecule has 2 rings (SSSR count). The van der Waals surface area contributed by atoms with Gasteiger partial charge in [0.05, 0.1) is 11.6 Å². The van der Waals surface area contributed by atoms with Gasteiger partial charge in [-0.05, 0) is 33.8 Å². The summed E-state index contributed by atoms with van der Waals surface area (Å²) in [5.41, 5.74) is 0.999. The second-order valence-corrected chi connectivity index (χ2v) is 6.40. The van der Waals surface area contributed by atoms with Crippen LogP contribution in [0.1, 0.15) is 27.7 Å². The summed E-state index contributed by atoms with van der Waals surface area (Å²) in [6.07, 6.45) is 2.33. The van der Waals surface area contributed by atoms with Crippen LogP contribution in [0.15, 0.2) is 18.6 Å². The highest BCUT2D eigenvalue weighted by Gasteiger charge is 2.31. The van der Waals surface area contributed by atoms with Crippen molar-refractivity contribution < 1.29 is 9.90 Å². The van der Waals surface area contributed by atoms with Gasteiger partial charge in [-0.3, -0.25) is 4.90 Å². The third-order valence-electron chi connectivity index (χ3n) is 3.34. The molecule has 0 spiro atoms. The van der Waals surface area contributed by atoms with Gasteiger partial charge in [0.2, 0.25) is 0 Å². The maximum Gasteiger partial charge on any atom is 0.408 e. The molecule has 0 saturated heterocycles. The lowest BCUT2D eigenvalue weighted by atomic mass is 10.0. The van der Waals surface area contributed by atoms with Crippen molar-refractivity contribution in [3.05, 3.63) is 23.7 Å². The average molecular weight is 311 g/mol. The molecule has 114 valence electrons. The summed E-state index contributed by atoms with van der Waals surface area (Å²) in [6.45, 7) is 7.99. The van der Waals surface area contributed by atoms with Crippen LogP contribution in [-0.2, 0) is 6.54 Å². The largest absolute Gasteiger partial charge is 0.465 e. The first-order valence-electron chi connectivity index (χ1n) is 6.69. The molecular formula is C14H19ClN4O2. The van der Waals surface area contributed by atoms with E-state index >= 15 is 0 Å². The number of hydrogen-bond donors (Lipinski definition) is 1. The monoisotopic (exact) mass is 310 g/mol. The van der Waals surface area contributed by atoms with Crippen molar-refractivity contribution in [3.63, 3.8) is 0 Å². The smallest absolute Gasteiger partial charge is 0.408 e. The number of hydrogen-bond acceptors (Lipinski definition) is 3. The molecule has 1 unspecified atom stereocenters. The maximum absolute atomic E-state index is 11.5. The SMILES string of the molecule is CC(Cn1ccc2ncnc(Cl)c21)N(C(=O)O)C(C)(C)C. The molecule has 1 atom stereocenters. The highest BCUT2D eigenvalue weighted by molar-refractivity contribution is 6.33. The molecule has 2 heterocycles. The van der Waals surface area contributed by atoms with Crippen molar-refractivity contribution in [1.82, 2.24) is 19.4 Å². The number of halogens is 1. The molecular weight excluding hydrogens is 292 g/mol. The summed E-state index contributed by atoms with van der Waals surface area (Å²) in [7, 11) is 0. The number of fused-ring (bicyclic) bond motifs is 1. The number of rotatable bonds is 3. The second kappa shape index (κ2) is 5.52. The Morgan fingerprint density at radius 1 is 1.48 bits per heavy atom. The standard InChI is InChI=1S/C14H19ClN4O2/c1-9(19(13(20)21)14(2,3)4)7-18-6-5-10-11(18)12(15)17-8-16-10/h5-6,8-9H,7H2,1-4H3,(H,20,21). The van der Waals surface area contributed by atoms with Crippen molar-refractivity contribution in [3.8, 4) is 0 Å². The van der Waals surface area contributed by atoms with E-state index < -0.39 is 11.6 Å². The van der Waals surface area contributed by atoms with Crippen LogP contribution in [0.5, 0.6) is 0 Å². The second-order valence-electron chi connectivity index (χ2n) is 6.04. The van der Waals surface area contributed by atoms with Crippen molar-refractivity contribution in [2.75, 3.05) is 0 Å². The maximum atomic E-state index is 11.5. The summed E-state index contributed by atoms with van der Waals surface area (Å²) in [5.74, 6) is 0. The van der Waals surface area contributed by atoms with Gasteiger partial charge in [0.15, 0.2) is 5.15 Å². The van der Waals surface area contributed by atoms with Gasteiger partial charge < -0.3 is 9.67 Å². The molecule has 0 radical (unpaired) electrons. The van der Waals surface area contributed by atoms with Crippen LogP contribution in [0.4, 0.5) is 4.79 Å². The Morgan fingerprint density at radius 2 is 2.14 bits per heavy atom. The van der Waals surface area contributed by atoms with E-state index in [4.69, 9.17) is 11.6 Å². The average Bonchev–Trinajstić information content (AvgIpc) is 2.71.